The average Bonchev–Trinajstić information content (AvgIpc) is 2.80. The Kier molecular flexibility index (Phi) is 3.34. The Morgan fingerprint density at radius 3 is 2.88 bits per heavy atom. The summed E-state index contributed by atoms with van der Waals surface area (Å²) < 4.78 is 4.96. The fourth-order valence-corrected chi connectivity index (χ4v) is 1.85. The third kappa shape index (κ3) is 2.30. The molecule has 0 N–H and O–H groups in total. The predicted octanol–water partition coefficient (Wildman–Crippen LogP) is 2.20. The lowest BCUT2D eigenvalue weighted by Gasteiger charge is -2.04. The monoisotopic (exact) mass is 217 g/mol. The first-order valence-corrected chi connectivity index (χ1v) is 5.60. The van der Waals surface area contributed by atoms with E-state index in [4.69, 9.17) is 4.74 Å². The predicted molar refractivity (Wildman–Crippen MR) is 62.6 cm³/mol. The molecule has 0 saturated carbocycles. The lowest BCUT2D eigenvalue weighted by atomic mass is 10.1. The zero-order valence-corrected chi connectivity index (χ0v) is 9.35. The van der Waals surface area contributed by atoms with Crippen molar-refractivity contribution < 1.29 is 9.53 Å². The van der Waals surface area contributed by atoms with E-state index in [9.17, 15) is 4.79 Å². The summed E-state index contributed by atoms with van der Waals surface area (Å²) in [4.78, 5) is 15.9. The molecule has 0 fully saturated rings. The smallest absolute Gasteiger partial charge is 0.330 e. The van der Waals surface area contributed by atoms with Crippen molar-refractivity contribution in [1.29, 1.82) is 0 Å². The van der Waals surface area contributed by atoms with Crippen molar-refractivity contribution in [3.8, 4) is 0 Å². The Bertz CT molecular complexity index is 398. The molecule has 1 aromatic rings. The Morgan fingerprint density at radius 1 is 1.44 bits per heavy atom. The van der Waals surface area contributed by atoms with Crippen molar-refractivity contribution in [1.82, 2.24) is 0 Å². The van der Waals surface area contributed by atoms with Gasteiger partial charge in [0.2, 0.25) is 0 Å². The molecule has 0 spiro atoms. The molecule has 3 heteroatoms. The number of aliphatic imine (C=N–C) groups is 1. The normalized spacial score (nSPS) is 19.3. The standard InChI is InChI=1S/C13H15NO2/c1-2-16-13(15)12-9-8-11(14-12)10-6-4-3-5-7-10/h3-7,12H,2,8-9H2,1H3/t12-/m1/s1. The summed E-state index contributed by atoms with van der Waals surface area (Å²) in [6, 6.07) is 9.68. The summed E-state index contributed by atoms with van der Waals surface area (Å²) in [5.41, 5.74) is 2.12. The van der Waals surface area contributed by atoms with Gasteiger partial charge in [0.1, 0.15) is 6.04 Å². The van der Waals surface area contributed by atoms with Crippen LogP contribution in [-0.4, -0.2) is 24.3 Å². The third-order valence-electron chi connectivity index (χ3n) is 2.63. The van der Waals surface area contributed by atoms with E-state index >= 15 is 0 Å². The van der Waals surface area contributed by atoms with Gasteiger partial charge in [-0.15, -0.1) is 0 Å². The first kappa shape index (κ1) is 10.9. The second-order valence-electron chi connectivity index (χ2n) is 3.75. The molecule has 16 heavy (non-hydrogen) atoms. The first-order chi connectivity index (χ1) is 7.81. The molecule has 3 nitrogen and oxygen atoms in total. The van der Waals surface area contributed by atoms with Crippen molar-refractivity contribution in [2.24, 2.45) is 4.99 Å². The van der Waals surface area contributed by atoms with E-state index in [1.807, 2.05) is 37.3 Å². The third-order valence-corrected chi connectivity index (χ3v) is 2.63. The van der Waals surface area contributed by atoms with Gasteiger partial charge in [0, 0.05) is 5.71 Å². The van der Waals surface area contributed by atoms with Crippen LogP contribution in [-0.2, 0) is 9.53 Å². The molecule has 1 aliphatic heterocycles. The van der Waals surface area contributed by atoms with Crippen LogP contribution in [0.2, 0.25) is 0 Å². The van der Waals surface area contributed by atoms with Gasteiger partial charge in [-0.25, -0.2) is 4.79 Å². The summed E-state index contributed by atoms with van der Waals surface area (Å²) in [6.07, 6.45) is 1.62. The van der Waals surface area contributed by atoms with Crippen molar-refractivity contribution >= 4 is 11.7 Å². The van der Waals surface area contributed by atoms with Crippen molar-refractivity contribution in [2.45, 2.75) is 25.8 Å². The molecular weight excluding hydrogens is 202 g/mol. The van der Waals surface area contributed by atoms with Crippen LogP contribution in [0.3, 0.4) is 0 Å². The molecule has 0 aliphatic carbocycles. The van der Waals surface area contributed by atoms with Crippen molar-refractivity contribution in [3.05, 3.63) is 35.9 Å². The second-order valence-corrected chi connectivity index (χ2v) is 3.75. The lowest BCUT2D eigenvalue weighted by molar-refractivity contribution is -0.144. The molecule has 0 radical (unpaired) electrons. The number of carbonyl (C=O) groups is 1. The first-order valence-electron chi connectivity index (χ1n) is 5.60. The van der Waals surface area contributed by atoms with E-state index in [1.54, 1.807) is 0 Å². The highest BCUT2D eigenvalue weighted by Gasteiger charge is 2.25. The highest BCUT2D eigenvalue weighted by molar-refractivity contribution is 6.03. The van der Waals surface area contributed by atoms with Gasteiger partial charge >= 0.3 is 5.97 Å². The zero-order chi connectivity index (χ0) is 11.4. The van der Waals surface area contributed by atoms with Crippen molar-refractivity contribution in [3.63, 3.8) is 0 Å². The van der Waals surface area contributed by atoms with Crippen LogP contribution in [0.4, 0.5) is 0 Å². The number of benzene rings is 1. The van der Waals surface area contributed by atoms with E-state index in [0.717, 1.165) is 24.1 Å². The van der Waals surface area contributed by atoms with Gasteiger partial charge in [0.15, 0.2) is 0 Å². The van der Waals surface area contributed by atoms with Crippen LogP contribution in [0, 0.1) is 0 Å². The number of hydrogen-bond acceptors (Lipinski definition) is 3. The molecular formula is C13H15NO2. The van der Waals surface area contributed by atoms with Gasteiger partial charge in [-0.3, -0.25) is 4.99 Å². The Hall–Kier alpha value is -1.64. The lowest BCUT2D eigenvalue weighted by Crippen LogP contribution is -2.18. The van der Waals surface area contributed by atoms with Crippen LogP contribution in [0.25, 0.3) is 0 Å². The molecule has 0 aromatic heterocycles. The molecule has 84 valence electrons. The quantitative estimate of drug-likeness (QED) is 0.728. The maximum Gasteiger partial charge on any atom is 0.330 e. The van der Waals surface area contributed by atoms with E-state index < -0.39 is 0 Å². The summed E-state index contributed by atoms with van der Waals surface area (Å²) >= 11 is 0. The summed E-state index contributed by atoms with van der Waals surface area (Å²) in [5.74, 6) is -0.201. The number of esters is 1. The molecule has 1 aliphatic rings. The van der Waals surface area contributed by atoms with Crippen LogP contribution in [0.15, 0.2) is 35.3 Å². The minimum absolute atomic E-state index is 0.201. The molecule has 0 unspecified atom stereocenters. The Balaban J connectivity index is 2.09. The van der Waals surface area contributed by atoms with Crippen LogP contribution >= 0.6 is 0 Å². The van der Waals surface area contributed by atoms with Crippen LogP contribution in [0.1, 0.15) is 25.3 Å². The Labute approximate surface area is 95.2 Å². The maximum atomic E-state index is 11.5. The molecule has 0 bridgehead atoms. The number of carbonyl (C=O) groups excluding carboxylic acids is 1. The van der Waals surface area contributed by atoms with Gasteiger partial charge in [0.25, 0.3) is 0 Å². The largest absolute Gasteiger partial charge is 0.464 e. The van der Waals surface area contributed by atoms with Crippen molar-refractivity contribution in [2.75, 3.05) is 6.61 Å². The molecule has 1 aromatic carbocycles. The second kappa shape index (κ2) is 4.92. The fourth-order valence-electron chi connectivity index (χ4n) is 1.85. The molecule has 0 saturated heterocycles. The van der Waals surface area contributed by atoms with Gasteiger partial charge < -0.3 is 4.74 Å². The summed E-state index contributed by atoms with van der Waals surface area (Å²) in [6.45, 7) is 2.24. The van der Waals surface area contributed by atoms with E-state index in [-0.39, 0.29) is 12.0 Å². The highest BCUT2D eigenvalue weighted by atomic mass is 16.5. The Morgan fingerprint density at radius 2 is 2.19 bits per heavy atom. The summed E-state index contributed by atoms with van der Waals surface area (Å²) in [7, 11) is 0. The van der Waals surface area contributed by atoms with Crippen LogP contribution < -0.4 is 0 Å². The SMILES string of the molecule is CCOC(=O)[C@H]1CCC(c2ccccc2)=N1. The van der Waals surface area contributed by atoms with E-state index in [0.29, 0.717) is 6.61 Å². The number of hydrogen-bond donors (Lipinski definition) is 0. The minimum Gasteiger partial charge on any atom is -0.464 e. The maximum absolute atomic E-state index is 11.5. The van der Waals surface area contributed by atoms with Gasteiger partial charge in [-0.2, -0.15) is 0 Å². The topological polar surface area (TPSA) is 38.7 Å². The molecule has 0 amide bonds. The molecule has 1 heterocycles. The van der Waals surface area contributed by atoms with E-state index in [1.165, 1.54) is 0 Å². The van der Waals surface area contributed by atoms with Gasteiger partial charge in [-0.1, -0.05) is 30.3 Å². The summed E-state index contributed by atoms with van der Waals surface area (Å²) in [5, 5.41) is 0. The molecule has 2 rings (SSSR count). The van der Waals surface area contributed by atoms with E-state index in [2.05, 4.69) is 4.99 Å². The van der Waals surface area contributed by atoms with Gasteiger partial charge in [0.05, 0.1) is 6.61 Å². The van der Waals surface area contributed by atoms with Gasteiger partial charge in [-0.05, 0) is 25.3 Å². The number of nitrogens with zero attached hydrogens (tertiary/aromatic N) is 1. The fraction of sp³-hybridized carbons (Fsp3) is 0.385. The highest BCUT2D eigenvalue weighted by Crippen LogP contribution is 2.19. The van der Waals surface area contributed by atoms with Crippen LogP contribution in [0.5, 0.6) is 0 Å². The molecule has 1 atom stereocenters. The number of ether oxygens (including phenoxy) is 1. The zero-order valence-electron chi connectivity index (χ0n) is 9.35. The minimum atomic E-state index is -0.296. The average molecular weight is 217 g/mol. The number of rotatable bonds is 3.